The van der Waals surface area contributed by atoms with Crippen LogP contribution in [0.4, 0.5) is 0 Å². The van der Waals surface area contributed by atoms with Crippen LogP contribution < -0.4 is 5.32 Å². The molecule has 0 aromatic carbocycles. The van der Waals surface area contributed by atoms with Crippen molar-refractivity contribution in [3.63, 3.8) is 0 Å². The van der Waals surface area contributed by atoms with Crippen molar-refractivity contribution in [2.45, 2.75) is 60.0 Å². The van der Waals surface area contributed by atoms with Crippen molar-refractivity contribution in [3.8, 4) is 0 Å². The standard InChI is InChI=1S/C14H28N2O3/c1-10(2)16(11(3)4)8-7-15-12(17)9-14(5,6)13(18)19/h10-11H,7-9H2,1-6H3,(H,15,17)(H,18,19). The molecule has 0 aromatic heterocycles. The van der Waals surface area contributed by atoms with Crippen LogP contribution in [0.25, 0.3) is 0 Å². The summed E-state index contributed by atoms with van der Waals surface area (Å²) in [4.78, 5) is 24.9. The van der Waals surface area contributed by atoms with Gasteiger partial charge < -0.3 is 10.4 Å². The van der Waals surface area contributed by atoms with Crippen molar-refractivity contribution in [2.75, 3.05) is 13.1 Å². The second-order valence-electron chi connectivity index (χ2n) is 6.14. The van der Waals surface area contributed by atoms with E-state index in [-0.39, 0.29) is 12.3 Å². The third-order valence-corrected chi connectivity index (χ3v) is 3.20. The molecule has 112 valence electrons. The zero-order valence-electron chi connectivity index (χ0n) is 13.0. The van der Waals surface area contributed by atoms with Gasteiger partial charge in [0.1, 0.15) is 0 Å². The molecule has 0 bridgehead atoms. The molecule has 0 radical (unpaired) electrons. The van der Waals surface area contributed by atoms with Gasteiger partial charge in [0.25, 0.3) is 0 Å². The summed E-state index contributed by atoms with van der Waals surface area (Å²) in [5.74, 6) is -1.16. The molecule has 5 nitrogen and oxygen atoms in total. The van der Waals surface area contributed by atoms with Gasteiger partial charge in [0, 0.05) is 31.6 Å². The van der Waals surface area contributed by atoms with Crippen LogP contribution in [0, 0.1) is 5.41 Å². The van der Waals surface area contributed by atoms with E-state index in [0.29, 0.717) is 18.6 Å². The van der Waals surface area contributed by atoms with Crippen molar-refractivity contribution in [2.24, 2.45) is 5.41 Å². The van der Waals surface area contributed by atoms with Crippen molar-refractivity contribution in [3.05, 3.63) is 0 Å². The molecular weight excluding hydrogens is 244 g/mol. The van der Waals surface area contributed by atoms with Crippen LogP contribution in [-0.2, 0) is 9.59 Å². The Bertz CT molecular complexity index is 304. The minimum absolute atomic E-state index is 0.00565. The molecule has 5 heteroatoms. The number of hydrogen-bond acceptors (Lipinski definition) is 3. The van der Waals surface area contributed by atoms with E-state index in [9.17, 15) is 9.59 Å². The van der Waals surface area contributed by atoms with Crippen molar-refractivity contribution in [1.29, 1.82) is 0 Å². The van der Waals surface area contributed by atoms with E-state index in [0.717, 1.165) is 6.54 Å². The molecule has 0 saturated carbocycles. The van der Waals surface area contributed by atoms with E-state index in [1.54, 1.807) is 13.8 Å². The van der Waals surface area contributed by atoms with Crippen LogP contribution in [0.15, 0.2) is 0 Å². The largest absolute Gasteiger partial charge is 0.481 e. The summed E-state index contributed by atoms with van der Waals surface area (Å²) in [5.41, 5.74) is -1.01. The van der Waals surface area contributed by atoms with Gasteiger partial charge in [-0.15, -0.1) is 0 Å². The Labute approximate surface area is 116 Å². The van der Waals surface area contributed by atoms with E-state index < -0.39 is 11.4 Å². The second-order valence-corrected chi connectivity index (χ2v) is 6.14. The first-order valence-corrected chi connectivity index (χ1v) is 6.83. The molecule has 0 aliphatic rings. The highest BCUT2D eigenvalue weighted by Crippen LogP contribution is 2.19. The number of amides is 1. The van der Waals surface area contributed by atoms with E-state index >= 15 is 0 Å². The van der Waals surface area contributed by atoms with Crippen LogP contribution in [0.5, 0.6) is 0 Å². The third kappa shape index (κ3) is 6.57. The van der Waals surface area contributed by atoms with Gasteiger partial charge in [-0.2, -0.15) is 0 Å². The molecule has 0 atom stereocenters. The fourth-order valence-corrected chi connectivity index (χ4v) is 1.98. The Morgan fingerprint density at radius 1 is 1.16 bits per heavy atom. The Morgan fingerprint density at radius 3 is 2.00 bits per heavy atom. The smallest absolute Gasteiger partial charge is 0.309 e. The quantitative estimate of drug-likeness (QED) is 0.706. The van der Waals surface area contributed by atoms with Crippen LogP contribution in [0.3, 0.4) is 0 Å². The summed E-state index contributed by atoms with van der Waals surface area (Å²) in [5, 5.41) is 11.8. The summed E-state index contributed by atoms with van der Waals surface area (Å²) in [6, 6.07) is 0.847. The van der Waals surface area contributed by atoms with E-state index in [2.05, 4.69) is 37.9 Å². The lowest BCUT2D eigenvalue weighted by Crippen LogP contribution is -2.43. The number of carbonyl (C=O) groups excluding carboxylic acids is 1. The number of carboxylic acids is 1. The maximum absolute atomic E-state index is 11.7. The highest BCUT2D eigenvalue weighted by molar-refractivity contribution is 5.84. The fraction of sp³-hybridized carbons (Fsp3) is 0.857. The molecule has 0 aliphatic carbocycles. The molecule has 1 amide bonds. The van der Waals surface area contributed by atoms with Crippen LogP contribution in [-0.4, -0.2) is 47.1 Å². The maximum Gasteiger partial charge on any atom is 0.309 e. The summed E-state index contributed by atoms with van der Waals surface area (Å²) in [7, 11) is 0. The topological polar surface area (TPSA) is 69.6 Å². The molecule has 0 heterocycles. The number of hydrogen-bond donors (Lipinski definition) is 2. The summed E-state index contributed by atoms with van der Waals surface area (Å²) >= 11 is 0. The third-order valence-electron chi connectivity index (χ3n) is 3.20. The Hall–Kier alpha value is -1.10. The minimum atomic E-state index is -1.01. The molecule has 0 spiro atoms. The lowest BCUT2D eigenvalue weighted by molar-refractivity contribution is -0.149. The summed E-state index contributed by atoms with van der Waals surface area (Å²) in [6.07, 6.45) is 0.00565. The molecule has 2 N–H and O–H groups in total. The lowest BCUT2D eigenvalue weighted by atomic mass is 9.89. The molecule has 0 fully saturated rings. The van der Waals surface area contributed by atoms with Crippen LogP contribution in [0.2, 0.25) is 0 Å². The number of nitrogens with zero attached hydrogens (tertiary/aromatic N) is 1. The molecule has 0 aliphatic heterocycles. The second kappa shape index (κ2) is 7.48. The van der Waals surface area contributed by atoms with Crippen molar-refractivity contribution < 1.29 is 14.7 Å². The Morgan fingerprint density at radius 2 is 1.63 bits per heavy atom. The molecule has 0 rings (SSSR count). The number of carboxylic acid groups (broad SMARTS) is 1. The average Bonchev–Trinajstić information content (AvgIpc) is 2.22. The van der Waals surface area contributed by atoms with Gasteiger partial charge in [0.05, 0.1) is 5.41 Å². The van der Waals surface area contributed by atoms with Gasteiger partial charge in [-0.05, 0) is 41.5 Å². The number of nitrogens with one attached hydrogen (secondary N) is 1. The SMILES string of the molecule is CC(C)N(CCNC(=O)CC(C)(C)C(=O)O)C(C)C. The minimum Gasteiger partial charge on any atom is -0.481 e. The van der Waals surface area contributed by atoms with E-state index in [1.807, 2.05) is 0 Å². The monoisotopic (exact) mass is 272 g/mol. The zero-order valence-corrected chi connectivity index (χ0v) is 13.0. The molecule has 0 unspecified atom stereocenters. The molecule has 0 aromatic rings. The molecule has 19 heavy (non-hydrogen) atoms. The highest BCUT2D eigenvalue weighted by atomic mass is 16.4. The zero-order chi connectivity index (χ0) is 15.2. The lowest BCUT2D eigenvalue weighted by Gasteiger charge is -2.30. The Balaban J connectivity index is 4.14. The summed E-state index contributed by atoms with van der Waals surface area (Å²) < 4.78 is 0. The number of rotatable bonds is 8. The maximum atomic E-state index is 11.7. The Kier molecular flexibility index (Phi) is 7.05. The first-order valence-electron chi connectivity index (χ1n) is 6.83. The molecular formula is C14H28N2O3. The number of aliphatic carboxylic acids is 1. The van der Waals surface area contributed by atoms with Crippen molar-refractivity contribution in [1.82, 2.24) is 10.2 Å². The van der Waals surface area contributed by atoms with Crippen LogP contribution >= 0.6 is 0 Å². The van der Waals surface area contributed by atoms with Gasteiger partial charge in [-0.3, -0.25) is 14.5 Å². The van der Waals surface area contributed by atoms with Crippen molar-refractivity contribution >= 4 is 11.9 Å². The predicted octanol–water partition coefficient (Wildman–Crippen LogP) is 1.72. The van der Waals surface area contributed by atoms with Gasteiger partial charge in [0.15, 0.2) is 0 Å². The molecule has 0 saturated heterocycles. The highest BCUT2D eigenvalue weighted by Gasteiger charge is 2.30. The van der Waals surface area contributed by atoms with Gasteiger partial charge in [-0.25, -0.2) is 0 Å². The first kappa shape index (κ1) is 17.9. The predicted molar refractivity (Wildman–Crippen MR) is 76.0 cm³/mol. The van der Waals surface area contributed by atoms with Gasteiger partial charge in [-0.1, -0.05) is 0 Å². The van der Waals surface area contributed by atoms with Gasteiger partial charge >= 0.3 is 5.97 Å². The number of carbonyl (C=O) groups is 2. The summed E-state index contributed by atoms with van der Waals surface area (Å²) in [6.45, 7) is 12.9. The van der Waals surface area contributed by atoms with E-state index in [1.165, 1.54) is 0 Å². The average molecular weight is 272 g/mol. The first-order chi connectivity index (χ1) is 8.58. The fourth-order valence-electron chi connectivity index (χ4n) is 1.98. The van der Waals surface area contributed by atoms with Crippen LogP contribution in [0.1, 0.15) is 48.0 Å². The van der Waals surface area contributed by atoms with Gasteiger partial charge in [0.2, 0.25) is 5.91 Å². The normalized spacial score (nSPS) is 12.3. The van der Waals surface area contributed by atoms with E-state index in [4.69, 9.17) is 5.11 Å².